The first-order valence-electron chi connectivity index (χ1n) is 4.70. The zero-order chi connectivity index (χ0) is 12.7. The fraction of sp³-hybridized carbons (Fsp3) is 0.111. The molecule has 0 saturated heterocycles. The maximum Gasteiger partial charge on any atom is 0.235 e. The number of anilines is 1. The Balaban J connectivity index is -0.000000963. The first-order valence-corrected chi connectivity index (χ1v) is 4.70. The minimum atomic E-state index is -0.0410. The molecule has 1 aromatic rings. The Morgan fingerprint density at radius 2 is 1.60 bits per heavy atom. The summed E-state index contributed by atoms with van der Waals surface area (Å²) >= 11 is 0. The number of hydrogen-bond donors (Lipinski definition) is 4. The summed E-state index contributed by atoms with van der Waals surface area (Å²) in [7, 11) is 1.54. The molecule has 9 nitrogen and oxygen atoms in total. The first kappa shape index (κ1) is 23.0. The minimum Gasteiger partial charge on any atom is -0.412 e. The number of halogens is 2. The van der Waals surface area contributed by atoms with E-state index in [2.05, 4.69) is 25.7 Å². The predicted molar refractivity (Wildman–Crippen MR) is 86.0 cm³/mol. The minimum absolute atomic E-state index is 0. The fourth-order valence-electron chi connectivity index (χ4n) is 0.885. The van der Waals surface area contributed by atoms with E-state index < -0.39 is 0 Å². The molecule has 0 aliphatic heterocycles. The molecule has 0 aromatic heterocycles. The van der Waals surface area contributed by atoms with Gasteiger partial charge < -0.3 is 22.7 Å². The Bertz CT molecular complexity index is 456. The Hall–Kier alpha value is -2.10. The summed E-state index contributed by atoms with van der Waals surface area (Å²) < 4.78 is 0. The van der Waals surface area contributed by atoms with Crippen molar-refractivity contribution in [1.29, 1.82) is 0 Å². The Morgan fingerprint density at radius 3 is 2.05 bits per heavy atom. The average Bonchev–Trinajstić information content (AvgIpc) is 2.34. The molecule has 0 saturated carbocycles. The van der Waals surface area contributed by atoms with Crippen LogP contribution < -0.4 is 22.6 Å². The van der Waals surface area contributed by atoms with Gasteiger partial charge in [0.1, 0.15) is 0 Å². The lowest BCUT2D eigenvalue weighted by Gasteiger charge is -2.00. The van der Waals surface area contributed by atoms with E-state index in [0.29, 0.717) is 5.69 Å². The summed E-state index contributed by atoms with van der Waals surface area (Å²) in [6.07, 6.45) is 0. The van der Waals surface area contributed by atoms with Gasteiger partial charge in [0.15, 0.2) is 0 Å². The smallest absolute Gasteiger partial charge is 0.235 e. The van der Waals surface area contributed by atoms with Crippen molar-refractivity contribution < 1.29 is 5.48 Å². The maximum atomic E-state index is 5.36. The molecule has 0 atom stereocenters. The van der Waals surface area contributed by atoms with Crippen LogP contribution in [0.2, 0.25) is 0 Å². The van der Waals surface area contributed by atoms with Crippen LogP contribution >= 0.6 is 24.8 Å². The molecule has 0 bridgehead atoms. The van der Waals surface area contributed by atoms with E-state index in [0.717, 1.165) is 5.69 Å². The highest BCUT2D eigenvalue weighted by molar-refractivity contribution is 5.85. The summed E-state index contributed by atoms with van der Waals surface area (Å²) in [6.45, 7) is 0. The summed E-state index contributed by atoms with van der Waals surface area (Å²) in [6, 6.07) is 6.97. The molecule has 9 N–H and O–H groups in total. The SMILES string of the molecule is CN=C(N)N=Nc1ccc(NN=C(N)N)cc1.Cl.Cl.O. The molecule has 114 valence electrons. The largest absolute Gasteiger partial charge is 0.412 e. The zero-order valence-electron chi connectivity index (χ0n) is 10.6. The molecular weight excluding hydrogens is 307 g/mol. The molecule has 11 heteroatoms. The quantitative estimate of drug-likeness (QED) is 0.272. The van der Waals surface area contributed by atoms with Crippen molar-refractivity contribution in [1.82, 2.24) is 0 Å². The van der Waals surface area contributed by atoms with E-state index in [4.69, 9.17) is 17.2 Å². The number of hydrogen-bond acceptors (Lipinski definition) is 4. The van der Waals surface area contributed by atoms with Crippen LogP contribution in [0, 0.1) is 0 Å². The van der Waals surface area contributed by atoms with Gasteiger partial charge in [0, 0.05) is 7.05 Å². The highest BCUT2D eigenvalue weighted by Crippen LogP contribution is 2.16. The molecular formula is C9H18Cl2N8O. The lowest BCUT2D eigenvalue weighted by molar-refractivity contribution is 0.824. The molecule has 0 radical (unpaired) electrons. The van der Waals surface area contributed by atoms with Crippen molar-refractivity contribution in [3.05, 3.63) is 24.3 Å². The second-order valence-corrected chi connectivity index (χ2v) is 2.98. The number of nitrogens with one attached hydrogen (secondary N) is 1. The van der Waals surface area contributed by atoms with Gasteiger partial charge in [-0.1, -0.05) is 0 Å². The average molecular weight is 325 g/mol. The Labute approximate surface area is 128 Å². The summed E-state index contributed by atoms with van der Waals surface area (Å²) in [4.78, 5) is 3.65. The van der Waals surface area contributed by atoms with Gasteiger partial charge in [-0.15, -0.1) is 40.1 Å². The monoisotopic (exact) mass is 324 g/mol. The highest BCUT2D eigenvalue weighted by Gasteiger charge is 1.92. The summed E-state index contributed by atoms with van der Waals surface area (Å²) in [5, 5.41) is 11.2. The van der Waals surface area contributed by atoms with Crippen molar-refractivity contribution in [3.8, 4) is 0 Å². The molecule has 0 fully saturated rings. The molecule has 1 aromatic carbocycles. The first-order chi connectivity index (χ1) is 8.11. The van der Waals surface area contributed by atoms with Gasteiger partial charge in [-0.05, 0) is 24.3 Å². The van der Waals surface area contributed by atoms with E-state index in [1.54, 1.807) is 24.3 Å². The molecule has 0 spiro atoms. The summed E-state index contributed by atoms with van der Waals surface area (Å²) in [5.74, 6) is 0.0772. The molecule has 0 unspecified atom stereocenters. The molecule has 0 aliphatic rings. The molecule has 0 aliphatic carbocycles. The van der Waals surface area contributed by atoms with Crippen molar-refractivity contribution >= 4 is 48.1 Å². The van der Waals surface area contributed by atoms with Crippen molar-refractivity contribution in [2.45, 2.75) is 0 Å². The fourth-order valence-corrected chi connectivity index (χ4v) is 0.885. The van der Waals surface area contributed by atoms with Gasteiger partial charge >= 0.3 is 0 Å². The lowest BCUT2D eigenvalue weighted by Crippen LogP contribution is -2.23. The molecule has 0 amide bonds. The van der Waals surface area contributed by atoms with Crippen LogP contribution in [0.25, 0.3) is 0 Å². The maximum absolute atomic E-state index is 5.36. The number of guanidine groups is 2. The van der Waals surface area contributed by atoms with E-state index in [9.17, 15) is 0 Å². The number of nitrogens with two attached hydrogens (primary N) is 3. The molecule has 20 heavy (non-hydrogen) atoms. The number of nitrogens with zero attached hydrogens (tertiary/aromatic N) is 4. The van der Waals surface area contributed by atoms with Crippen molar-refractivity contribution in [2.75, 3.05) is 12.5 Å². The van der Waals surface area contributed by atoms with Crippen LogP contribution in [0.15, 0.2) is 44.6 Å². The number of aliphatic imine (C=N–C) groups is 1. The van der Waals surface area contributed by atoms with Gasteiger partial charge in [0.2, 0.25) is 11.9 Å². The van der Waals surface area contributed by atoms with Crippen LogP contribution in [0.5, 0.6) is 0 Å². The number of azo groups is 1. The van der Waals surface area contributed by atoms with E-state index in [-0.39, 0.29) is 42.2 Å². The predicted octanol–water partition coefficient (Wildman–Crippen LogP) is 0.334. The molecule has 0 heterocycles. The second-order valence-electron chi connectivity index (χ2n) is 2.98. The van der Waals surface area contributed by atoms with E-state index >= 15 is 0 Å². The summed E-state index contributed by atoms with van der Waals surface area (Å²) in [5.41, 5.74) is 19.7. The van der Waals surface area contributed by atoms with Gasteiger partial charge in [0.05, 0.1) is 11.4 Å². The standard InChI is InChI=1S/C9H14N8.2ClH.H2O/c1-13-9(12)17-15-7-4-2-6(3-5-7)14-16-8(10)11;;;/h2-5,14H,1H3,(H2,12,13)(H4,10,11,16);2*1H;1H2. The Morgan fingerprint density at radius 1 is 1.05 bits per heavy atom. The van der Waals surface area contributed by atoms with Crippen molar-refractivity contribution in [3.63, 3.8) is 0 Å². The molecule has 1 rings (SSSR count). The van der Waals surface area contributed by atoms with E-state index in [1.807, 2.05) is 0 Å². The third kappa shape index (κ3) is 8.91. The lowest BCUT2D eigenvalue weighted by atomic mass is 10.3. The van der Waals surface area contributed by atoms with Gasteiger partial charge in [-0.2, -0.15) is 0 Å². The third-order valence-electron chi connectivity index (χ3n) is 1.68. The van der Waals surface area contributed by atoms with Crippen LogP contribution in [0.1, 0.15) is 0 Å². The van der Waals surface area contributed by atoms with Gasteiger partial charge in [0.25, 0.3) is 0 Å². The van der Waals surface area contributed by atoms with Crippen LogP contribution in [0.3, 0.4) is 0 Å². The Kier molecular flexibility index (Phi) is 13.8. The third-order valence-corrected chi connectivity index (χ3v) is 1.68. The van der Waals surface area contributed by atoms with Gasteiger partial charge in [-0.25, -0.2) is 0 Å². The van der Waals surface area contributed by atoms with E-state index in [1.165, 1.54) is 7.05 Å². The number of rotatable bonds is 3. The van der Waals surface area contributed by atoms with Crippen LogP contribution in [0.4, 0.5) is 11.4 Å². The van der Waals surface area contributed by atoms with Gasteiger partial charge in [-0.3, -0.25) is 10.4 Å². The van der Waals surface area contributed by atoms with Crippen LogP contribution in [-0.2, 0) is 0 Å². The van der Waals surface area contributed by atoms with Crippen molar-refractivity contribution in [2.24, 2.45) is 37.5 Å². The number of benzene rings is 1. The zero-order valence-corrected chi connectivity index (χ0v) is 12.3. The topological polar surface area (TPSA) is 171 Å². The van der Waals surface area contributed by atoms with Crippen LogP contribution in [-0.4, -0.2) is 24.4 Å². The highest BCUT2D eigenvalue weighted by atomic mass is 35.5. The normalized spacial score (nSPS) is 9.75. The number of hydrazone groups is 1. The second kappa shape index (κ2) is 12.0.